The molecule has 0 spiro atoms. The Hall–Kier alpha value is -2.12. The van der Waals surface area contributed by atoms with Gasteiger partial charge >= 0.3 is 17.9 Å². The molecule has 2 saturated carbocycles. The molecule has 2 aliphatic carbocycles. The number of hydrogen-bond donors (Lipinski definition) is 3. The first-order valence-corrected chi connectivity index (χ1v) is 8.14. The Morgan fingerprint density at radius 3 is 2.08 bits per heavy atom. The van der Waals surface area contributed by atoms with Gasteiger partial charge in [-0.1, -0.05) is 0 Å². The SMILES string of the molecule is O=COC1CCCC(C2CCC(C(=O)O)C(C(=O)O)C2)C1C(=O)O. The van der Waals surface area contributed by atoms with E-state index in [2.05, 4.69) is 0 Å². The Labute approximate surface area is 138 Å². The van der Waals surface area contributed by atoms with Crippen molar-refractivity contribution in [3.63, 3.8) is 0 Å². The summed E-state index contributed by atoms with van der Waals surface area (Å²) in [6, 6.07) is 0. The second-order valence-electron chi connectivity index (χ2n) is 6.69. The zero-order chi connectivity index (χ0) is 17.9. The summed E-state index contributed by atoms with van der Waals surface area (Å²) in [4.78, 5) is 45.0. The van der Waals surface area contributed by atoms with Crippen LogP contribution in [0.25, 0.3) is 0 Å². The van der Waals surface area contributed by atoms with Crippen LogP contribution in [0.15, 0.2) is 0 Å². The van der Waals surface area contributed by atoms with Crippen LogP contribution in [0.4, 0.5) is 0 Å². The minimum atomic E-state index is -1.16. The number of rotatable bonds is 6. The Bertz CT molecular complexity index is 516. The summed E-state index contributed by atoms with van der Waals surface area (Å²) >= 11 is 0. The summed E-state index contributed by atoms with van der Waals surface area (Å²) in [6.45, 7) is 0.254. The molecule has 0 aromatic carbocycles. The topological polar surface area (TPSA) is 138 Å². The monoisotopic (exact) mass is 342 g/mol. The van der Waals surface area contributed by atoms with E-state index in [4.69, 9.17) is 4.74 Å². The maximum atomic E-state index is 11.7. The van der Waals surface area contributed by atoms with Crippen molar-refractivity contribution >= 4 is 24.4 Å². The molecule has 0 bridgehead atoms. The van der Waals surface area contributed by atoms with E-state index in [-0.39, 0.29) is 31.1 Å². The van der Waals surface area contributed by atoms with E-state index in [0.29, 0.717) is 25.7 Å². The summed E-state index contributed by atoms with van der Waals surface area (Å²) in [5.74, 6) is -6.66. The van der Waals surface area contributed by atoms with Gasteiger partial charge in [0.25, 0.3) is 6.47 Å². The molecule has 0 aromatic heterocycles. The molecule has 8 heteroatoms. The van der Waals surface area contributed by atoms with Crippen molar-refractivity contribution < 1.29 is 39.2 Å². The minimum Gasteiger partial charge on any atom is -0.481 e. The van der Waals surface area contributed by atoms with Crippen LogP contribution in [-0.2, 0) is 23.9 Å². The molecule has 0 radical (unpaired) electrons. The molecule has 6 atom stereocenters. The van der Waals surface area contributed by atoms with Gasteiger partial charge in [-0.3, -0.25) is 19.2 Å². The lowest BCUT2D eigenvalue weighted by Crippen LogP contribution is -2.45. The maximum Gasteiger partial charge on any atom is 0.310 e. The third kappa shape index (κ3) is 3.68. The van der Waals surface area contributed by atoms with E-state index < -0.39 is 41.8 Å². The van der Waals surface area contributed by atoms with E-state index in [1.165, 1.54) is 0 Å². The van der Waals surface area contributed by atoms with Crippen molar-refractivity contribution in [2.24, 2.45) is 29.6 Å². The first-order chi connectivity index (χ1) is 11.4. The number of carboxylic acid groups (broad SMARTS) is 3. The average Bonchev–Trinajstić information content (AvgIpc) is 2.54. The molecule has 0 heterocycles. The standard InChI is InChI=1S/C16H22O8/c17-7-24-12-3-1-2-9(13(12)16(22)23)8-4-5-10(14(18)19)11(6-8)15(20)21/h7-13H,1-6H2,(H,18,19)(H,20,21)(H,22,23). The predicted molar refractivity (Wildman–Crippen MR) is 79.0 cm³/mol. The Balaban J connectivity index is 2.19. The lowest BCUT2D eigenvalue weighted by Gasteiger charge is -2.42. The summed E-state index contributed by atoms with van der Waals surface area (Å²) in [6.07, 6.45) is 1.92. The van der Waals surface area contributed by atoms with Crippen molar-refractivity contribution in [3.8, 4) is 0 Å². The van der Waals surface area contributed by atoms with E-state index >= 15 is 0 Å². The second-order valence-corrected chi connectivity index (χ2v) is 6.69. The Morgan fingerprint density at radius 2 is 1.54 bits per heavy atom. The van der Waals surface area contributed by atoms with Crippen molar-refractivity contribution in [3.05, 3.63) is 0 Å². The third-order valence-electron chi connectivity index (χ3n) is 5.53. The number of carbonyl (C=O) groups is 4. The van der Waals surface area contributed by atoms with Gasteiger partial charge in [0.15, 0.2) is 0 Å². The van der Waals surface area contributed by atoms with E-state index in [1.54, 1.807) is 0 Å². The molecule has 6 unspecified atom stereocenters. The van der Waals surface area contributed by atoms with Crippen LogP contribution in [0.2, 0.25) is 0 Å². The zero-order valence-corrected chi connectivity index (χ0v) is 13.2. The molecular weight excluding hydrogens is 320 g/mol. The van der Waals surface area contributed by atoms with E-state index in [9.17, 15) is 34.5 Å². The molecular formula is C16H22O8. The van der Waals surface area contributed by atoms with Gasteiger partial charge < -0.3 is 20.1 Å². The van der Waals surface area contributed by atoms with Crippen molar-refractivity contribution in [2.45, 2.75) is 44.6 Å². The van der Waals surface area contributed by atoms with Gasteiger partial charge in [-0.2, -0.15) is 0 Å². The van der Waals surface area contributed by atoms with E-state index in [1.807, 2.05) is 0 Å². The van der Waals surface area contributed by atoms with Gasteiger partial charge in [0.1, 0.15) is 6.10 Å². The number of ether oxygens (including phenoxy) is 1. The van der Waals surface area contributed by atoms with Gasteiger partial charge in [-0.05, 0) is 50.4 Å². The van der Waals surface area contributed by atoms with Gasteiger partial charge in [-0.25, -0.2) is 0 Å². The summed E-state index contributed by atoms with van der Waals surface area (Å²) < 4.78 is 4.94. The smallest absolute Gasteiger partial charge is 0.310 e. The van der Waals surface area contributed by atoms with Crippen LogP contribution in [0.5, 0.6) is 0 Å². The maximum absolute atomic E-state index is 11.7. The van der Waals surface area contributed by atoms with Gasteiger partial charge in [0.2, 0.25) is 0 Å². The molecule has 3 N–H and O–H groups in total. The van der Waals surface area contributed by atoms with Crippen LogP contribution < -0.4 is 0 Å². The zero-order valence-electron chi connectivity index (χ0n) is 13.2. The van der Waals surface area contributed by atoms with Gasteiger partial charge in [0, 0.05) is 0 Å². The number of carbonyl (C=O) groups excluding carboxylic acids is 1. The highest BCUT2D eigenvalue weighted by atomic mass is 16.5. The summed E-state index contributed by atoms with van der Waals surface area (Å²) in [7, 11) is 0. The van der Waals surface area contributed by atoms with Crippen molar-refractivity contribution in [1.82, 2.24) is 0 Å². The average molecular weight is 342 g/mol. The highest BCUT2D eigenvalue weighted by Crippen LogP contribution is 2.45. The van der Waals surface area contributed by atoms with Crippen molar-refractivity contribution in [2.75, 3.05) is 0 Å². The molecule has 0 saturated heterocycles. The summed E-state index contributed by atoms with van der Waals surface area (Å²) in [5.41, 5.74) is 0. The lowest BCUT2D eigenvalue weighted by atomic mass is 9.63. The van der Waals surface area contributed by atoms with Gasteiger partial charge in [-0.15, -0.1) is 0 Å². The number of hydrogen-bond acceptors (Lipinski definition) is 5. The van der Waals surface area contributed by atoms with Gasteiger partial charge in [0.05, 0.1) is 17.8 Å². The highest BCUT2D eigenvalue weighted by Gasteiger charge is 2.48. The highest BCUT2D eigenvalue weighted by molar-refractivity contribution is 5.80. The van der Waals surface area contributed by atoms with Crippen molar-refractivity contribution in [1.29, 1.82) is 0 Å². The minimum absolute atomic E-state index is 0.147. The Morgan fingerprint density at radius 1 is 0.875 bits per heavy atom. The van der Waals surface area contributed by atoms with Crippen LogP contribution in [-0.4, -0.2) is 45.8 Å². The molecule has 24 heavy (non-hydrogen) atoms. The van der Waals surface area contributed by atoms with E-state index in [0.717, 1.165) is 0 Å². The molecule has 8 nitrogen and oxygen atoms in total. The molecule has 2 fully saturated rings. The largest absolute Gasteiger partial charge is 0.481 e. The molecule has 2 aliphatic rings. The third-order valence-corrected chi connectivity index (χ3v) is 5.53. The molecule has 0 aliphatic heterocycles. The molecule has 134 valence electrons. The molecule has 2 rings (SSSR count). The van der Waals surface area contributed by atoms with Crippen LogP contribution in [0, 0.1) is 29.6 Å². The number of carboxylic acids is 3. The normalized spacial score (nSPS) is 36.5. The summed E-state index contributed by atoms with van der Waals surface area (Å²) in [5, 5.41) is 28.1. The predicted octanol–water partition coefficient (Wildman–Crippen LogP) is 1.23. The molecule has 0 aromatic rings. The lowest BCUT2D eigenvalue weighted by molar-refractivity contribution is -0.163. The first-order valence-electron chi connectivity index (χ1n) is 8.14. The van der Waals surface area contributed by atoms with Crippen LogP contribution in [0.1, 0.15) is 38.5 Å². The fourth-order valence-corrected chi connectivity index (χ4v) is 4.45. The van der Waals surface area contributed by atoms with Crippen LogP contribution >= 0.6 is 0 Å². The van der Waals surface area contributed by atoms with Crippen LogP contribution in [0.3, 0.4) is 0 Å². The fourth-order valence-electron chi connectivity index (χ4n) is 4.45. The number of aliphatic carboxylic acids is 3. The molecule has 0 amide bonds. The fraction of sp³-hybridized carbons (Fsp3) is 0.750. The first kappa shape index (κ1) is 18.2. The second kappa shape index (κ2) is 7.63. The Kier molecular flexibility index (Phi) is 5.80. The quantitative estimate of drug-likeness (QED) is 0.613.